The number of carbonyl (C=O) groups is 1. The Bertz CT molecular complexity index is 172. The second-order valence-electron chi connectivity index (χ2n) is 2.64. The monoisotopic (exact) mass is 169 g/mol. The maximum atomic E-state index is 11.1. The lowest BCUT2D eigenvalue weighted by Crippen LogP contribution is -2.16. The van der Waals surface area contributed by atoms with Crippen LogP contribution in [0.4, 0.5) is 0 Å². The van der Waals surface area contributed by atoms with E-state index in [2.05, 4.69) is 0 Å². The molecular weight excluding hydrogens is 154 g/mol. The number of nitriles is 1. The Morgan fingerprint density at radius 1 is 1.50 bits per heavy atom. The Hall–Kier alpha value is -1.04. The molecule has 0 aromatic heterocycles. The van der Waals surface area contributed by atoms with Crippen molar-refractivity contribution in [2.24, 2.45) is 5.92 Å². The van der Waals surface area contributed by atoms with E-state index in [-0.39, 0.29) is 5.97 Å². The fourth-order valence-corrected chi connectivity index (χ4v) is 0.827. The maximum Gasteiger partial charge on any atom is 0.323 e. The van der Waals surface area contributed by atoms with Gasteiger partial charge in [-0.25, -0.2) is 0 Å². The summed E-state index contributed by atoms with van der Waals surface area (Å²) in [5.74, 6) is -0.942. The van der Waals surface area contributed by atoms with Gasteiger partial charge in [0.05, 0.1) is 12.7 Å². The van der Waals surface area contributed by atoms with Crippen molar-refractivity contribution in [3.8, 4) is 6.07 Å². The molecule has 0 spiro atoms. The van der Waals surface area contributed by atoms with Gasteiger partial charge in [-0.05, 0) is 12.8 Å². The van der Waals surface area contributed by atoms with E-state index in [0.29, 0.717) is 13.0 Å². The van der Waals surface area contributed by atoms with Gasteiger partial charge in [-0.1, -0.05) is 20.3 Å². The summed E-state index contributed by atoms with van der Waals surface area (Å²) in [4.78, 5) is 11.1. The largest absolute Gasteiger partial charge is 0.465 e. The molecule has 0 aliphatic heterocycles. The van der Waals surface area contributed by atoms with E-state index in [1.165, 1.54) is 0 Å². The SMILES string of the molecule is CCCOC(=O)C(C#N)CCC. The summed E-state index contributed by atoms with van der Waals surface area (Å²) in [5, 5.41) is 8.58. The summed E-state index contributed by atoms with van der Waals surface area (Å²) in [7, 11) is 0. The zero-order valence-corrected chi connectivity index (χ0v) is 7.67. The molecule has 1 atom stereocenters. The van der Waals surface area contributed by atoms with Crippen LogP contribution in [-0.2, 0) is 9.53 Å². The number of carbonyl (C=O) groups excluding carboxylic acids is 1. The van der Waals surface area contributed by atoms with E-state index in [0.717, 1.165) is 12.8 Å². The highest BCUT2D eigenvalue weighted by Crippen LogP contribution is 2.07. The number of nitrogens with zero attached hydrogens (tertiary/aromatic N) is 1. The summed E-state index contributed by atoms with van der Waals surface area (Å²) in [5.41, 5.74) is 0. The van der Waals surface area contributed by atoms with Gasteiger partial charge in [0, 0.05) is 0 Å². The van der Waals surface area contributed by atoms with Crippen LogP contribution in [-0.4, -0.2) is 12.6 Å². The van der Waals surface area contributed by atoms with E-state index in [1.54, 1.807) is 0 Å². The summed E-state index contributed by atoms with van der Waals surface area (Å²) in [6, 6.07) is 1.94. The minimum atomic E-state index is -0.568. The van der Waals surface area contributed by atoms with E-state index in [9.17, 15) is 4.79 Å². The number of esters is 1. The minimum Gasteiger partial charge on any atom is -0.465 e. The van der Waals surface area contributed by atoms with Gasteiger partial charge in [0.2, 0.25) is 0 Å². The third-order valence-electron chi connectivity index (χ3n) is 1.47. The lowest BCUT2D eigenvalue weighted by Gasteiger charge is -2.06. The standard InChI is InChI=1S/C9H15NO2/c1-3-5-8(7-10)9(11)12-6-4-2/h8H,3-6H2,1-2H3. The second-order valence-corrected chi connectivity index (χ2v) is 2.64. The summed E-state index contributed by atoms with van der Waals surface area (Å²) in [6.07, 6.45) is 2.23. The van der Waals surface area contributed by atoms with Gasteiger partial charge in [-0.3, -0.25) is 4.79 Å². The Morgan fingerprint density at radius 3 is 2.58 bits per heavy atom. The van der Waals surface area contributed by atoms with Crippen molar-refractivity contribution in [3.63, 3.8) is 0 Å². The van der Waals surface area contributed by atoms with Gasteiger partial charge in [-0.2, -0.15) is 5.26 Å². The summed E-state index contributed by atoms with van der Waals surface area (Å²) >= 11 is 0. The van der Waals surface area contributed by atoms with E-state index in [1.807, 2.05) is 19.9 Å². The maximum absolute atomic E-state index is 11.1. The first-order chi connectivity index (χ1) is 5.76. The Balaban J connectivity index is 3.79. The first-order valence-electron chi connectivity index (χ1n) is 4.32. The zero-order chi connectivity index (χ0) is 9.40. The van der Waals surface area contributed by atoms with Crippen LogP contribution in [0.25, 0.3) is 0 Å². The molecule has 0 bridgehead atoms. The highest BCUT2D eigenvalue weighted by molar-refractivity contribution is 5.75. The average molecular weight is 169 g/mol. The normalized spacial score (nSPS) is 11.8. The molecule has 0 aliphatic carbocycles. The molecule has 1 unspecified atom stereocenters. The first-order valence-corrected chi connectivity index (χ1v) is 4.32. The summed E-state index contributed by atoms with van der Waals surface area (Å²) in [6.45, 7) is 4.28. The molecule has 68 valence electrons. The predicted molar refractivity (Wildman–Crippen MR) is 45.3 cm³/mol. The van der Waals surface area contributed by atoms with Crippen molar-refractivity contribution in [2.75, 3.05) is 6.61 Å². The molecule has 3 nitrogen and oxygen atoms in total. The highest BCUT2D eigenvalue weighted by atomic mass is 16.5. The van der Waals surface area contributed by atoms with Crippen molar-refractivity contribution in [2.45, 2.75) is 33.1 Å². The fraction of sp³-hybridized carbons (Fsp3) is 0.778. The van der Waals surface area contributed by atoms with Gasteiger partial charge >= 0.3 is 5.97 Å². The molecule has 0 radical (unpaired) electrons. The molecule has 0 aromatic rings. The van der Waals surface area contributed by atoms with Gasteiger partial charge in [-0.15, -0.1) is 0 Å². The van der Waals surface area contributed by atoms with Crippen LogP contribution in [0, 0.1) is 17.2 Å². The smallest absolute Gasteiger partial charge is 0.323 e. The van der Waals surface area contributed by atoms with Crippen molar-refractivity contribution < 1.29 is 9.53 Å². The molecule has 3 heteroatoms. The molecule has 0 saturated carbocycles. The molecule has 0 fully saturated rings. The van der Waals surface area contributed by atoms with Crippen molar-refractivity contribution >= 4 is 5.97 Å². The highest BCUT2D eigenvalue weighted by Gasteiger charge is 2.17. The molecule has 0 rings (SSSR count). The van der Waals surface area contributed by atoms with Crippen molar-refractivity contribution in [3.05, 3.63) is 0 Å². The van der Waals surface area contributed by atoms with E-state index >= 15 is 0 Å². The molecule has 0 aliphatic rings. The molecular formula is C9H15NO2. The second kappa shape index (κ2) is 6.66. The Morgan fingerprint density at radius 2 is 2.17 bits per heavy atom. The Labute approximate surface area is 73.3 Å². The molecule has 0 saturated heterocycles. The first kappa shape index (κ1) is 11.0. The van der Waals surface area contributed by atoms with E-state index < -0.39 is 5.92 Å². The van der Waals surface area contributed by atoms with Gasteiger partial charge in [0.15, 0.2) is 0 Å². The van der Waals surface area contributed by atoms with E-state index in [4.69, 9.17) is 10.00 Å². The van der Waals surface area contributed by atoms with Crippen LogP contribution in [0.1, 0.15) is 33.1 Å². The van der Waals surface area contributed by atoms with Crippen LogP contribution in [0.15, 0.2) is 0 Å². The topological polar surface area (TPSA) is 50.1 Å². The lowest BCUT2D eigenvalue weighted by molar-refractivity contribution is -0.146. The van der Waals surface area contributed by atoms with Gasteiger partial charge < -0.3 is 4.74 Å². The number of rotatable bonds is 5. The summed E-state index contributed by atoms with van der Waals surface area (Å²) < 4.78 is 4.84. The van der Waals surface area contributed by atoms with Crippen LogP contribution >= 0.6 is 0 Å². The number of ether oxygens (including phenoxy) is 1. The molecule has 0 aromatic carbocycles. The van der Waals surface area contributed by atoms with Crippen molar-refractivity contribution in [1.29, 1.82) is 5.26 Å². The van der Waals surface area contributed by atoms with Crippen LogP contribution in [0.3, 0.4) is 0 Å². The predicted octanol–water partition coefficient (Wildman–Crippen LogP) is 1.88. The third kappa shape index (κ3) is 3.97. The van der Waals surface area contributed by atoms with Crippen LogP contribution in [0.5, 0.6) is 0 Å². The zero-order valence-electron chi connectivity index (χ0n) is 7.67. The Kier molecular flexibility index (Phi) is 6.08. The fourth-order valence-electron chi connectivity index (χ4n) is 0.827. The van der Waals surface area contributed by atoms with Crippen molar-refractivity contribution in [1.82, 2.24) is 0 Å². The van der Waals surface area contributed by atoms with Gasteiger partial charge in [0.25, 0.3) is 0 Å². The molecule has 0 amide bonds. The number of hydrogen-bond acceptors (Lipinski definition) is 3. The molecule has 12 heavy (non-hydrogen) atoms. The van der Waals surface area contributed by atoms with Crippen LogP contribution < -0.4 is 0 Å². The molecule has 0 N–H and O–H groups in total. The minimum absolute atomic E-state index is 0.374. The lowest BCUT2D eigenvalue weighted by atomic mass is 10.1. The molecule has 0 heterocycles. The quantitative estimate of drug-likeness (QED) is 0.590. The number of hydrogen-bond donors (Lipinski definition) is 0. The van der Waals surface area contributed by atoms with Crippen LogP contribution in [0.2, 0.25) is 0 Å². The van der Waals surface area contributed by atoms with Gasteiger partial charge in [0.1, 0.15) is 5.92 Å². The third-order valence-corrected chi connectivity index (χ3v) is 1.47. The average Bonchev–Trinajstić information content (AvgIpc) is 2.10.